The second-order valence-electron chi connectivity index (χ2n) is 6.97. The lowest BCUT2D eigenvalue weighted by atomic mass is 10.1. The van der Waals surface area contributed by atoms with Crippen LogP contribution in [-0.4, -0.2) is 54.5 Å². The number of carbonyl (C=O) groups excluding carboxylic acids is 2. The Labute approximate surface area is 160 Å². The topological polar surface area (TPSA) is 49.9 Å². The van der Waals surface area contributed by atoms with Gasteiger partial charge in [0.15, 0.2) is 6.61 Å². The fourth-order valence-corrected chi connectivity index (χ4v) is 3.27. The van der Waals surface area contributed by atoms with E-state index in [4.69, 9.17) is 4.74 Å². The van der Waals surface area contributed by atoms with Gasteiger partial charge in [-0.05, 0) is 18.1 Å². The summed E-state index contributed by atoms with van der Waals surface area (Å²) in [6, 6.07) is 17.9. The fourth-order valence-electron chi connectivity index (χ4n) is 3.27. The van der Waals surface area contributed by atoms with E-state index in [1.165, 1.54) is 11.1 Å². The van der Waals surface area contributed by atoms with Crippen LogP contribution in [0, 0.1) is 6.92 Å². The molecule has 5 heteroatoms. The summed E-state index contributed by atoms with van der Waals surface area (Å²) >= 11 is 0. The van der Waals surface area contributed by atoms with Crippen molar-refractivity contribution < 1.29 is 14.3 Å². The summed E-state index contributed by atoms with van der Waals surface area (Å²) in [5.41, 5.74) is 3.45. The predicted molar refractivity (Wildman–Crippen MR) is 104 cm³/mol. The van der Waals surface area contributed by atoms with Gasteiger partial charge in [-0.15, -0.1) is 0 Å². The maximum Gasteiger partial charge on any atom is 0.310 e. The molecule has 1 heterocycles. The van der Waals surface area contributed by atoms with Gasteiger partial charge in [0.25, 0.3) is 5.91 Å². The highest BCUT2D eigenvalue weighted by molar-refractivity contribution is 5.81. The van der Waals surface area contributed by atoms with E-state index in [1.54, 1.807) is 4.90 Å². The molecule has 1 amide bonds. The number of aryl methyl sites for hydroxylation is 1. The molecule has 0 unspecified atom stereocenters. The molecule has 2 aromatic carbocycles. The van der Waals surface area contributed by atoms with Crippen LogP contribution in [0.5, 0.6) is 0 Å². The first-order valence-electron chi connectivity index (χ1n) is 9.35. The van der Waals surface area contributed by atoms with Gasteiger partial charge in [-0.1, -0.05) is 60.2 Å². The van der Waals surface area contributed by atoms with Crippen LogP contribution in [-0.2, 0) is 27.3 Å². The Morgan fingerprint density at radius 2 is 1.63 bits per heavy atom. The lowest BCUT2D eigenvalue weighted by Gasteiger charge is -2.34. The molecule has 1 aliphatic rings. The Hall–Kier alpha value is -2.66. The lowest BCUT2D eigenvalue weighted by Crippen LogP contribution is -2.49. The molecule has 0 aliphatic carbocycles. The Morgan fingerprint density at radius 1 is 0.926 bits per heavy atom. The number of piperazine rings is 1. The van der Waals surface area contributed by atoms with Crippen LogP contribution in [0.25, 0.3) is 0 Å². The average Bonchev–Trinajstić information content (AvgIpc) is 2.67. The normalized spacial score (nSPS) is 14.8. The quantitative estimate of drug-likeness (QED) is 0.737. The van der Waals surface area contributed by atoms with Crippen molar-refractivity contribution in [3.63, 3.8) is 0 Å². The number of nitrogens with zero attached hydrogens (tertiary/aromatic N) is 2. The predicted octanol–water partition coefficient (Wildman–Crippen LogP) is 2.43. The molecule has 2 aromatic rings. The Bertz CT molecular complexity index is 768. The maximum absolute atomic E-state index is 12.3. The van der Waals surface area contributed by atoms with Gasteiger partial charge in [-0.25, -0.2) is 0 Å². The number of hydrogen-bond acceptors (Lipinski definition) is 4. The van der Waals surface area contributed by atoms with E-state index in [1.807, 2.05) is 30.3 Å². The molecule has 1 fully saturated rings. The maximum atomic E-state index is 12.3. The van der Waals surface area contributed by atoms with E-state index in [9.17, 15) is 9.59 Å². The molecule has 27 heavy (non-hydrogen) atoms. The number of ether oxygens (including phenoxy) is 1. The summed E-state index contributed by atoms with van der Waals surface area (Å²) in [7, 11) is 0. The zero-order valence-electron chi connectivity index (χ0n) is 15.8. The molecular weight excluding hydrogens is 340 g/mol. The van der Waals surface area contributed by atoms with Gasteiger partial charge in [0, 0.05) is 32.7 Å². The van der Waals surface area contributed by atoms with Gasteiger partial charge in [-0.3, -0.25) is 14.5 Å². The van der Waals surface area contributed by atoms with Gasteiger partial charge in [0.1, 0.15) is 0 Å². The molecule has 0 bridgehead atoms. The van der Waals surface area contributed by atoms with Crippen molar-refractivity contribution in [2.75, 3.05) is 32.8 Å². The van der Waals surface area contributed by atoms with Gasteiger partial charge in [0.05, 0.1) is 6.42 Å². The molecule has 0 spiro atoms. The Kier molecular flexibility index (Phi) is 6.60. The summed E-state index contributed by atoms with van der Waals surface area (Å²) < 4.78 is 5.15. The molecule has 0 saturated carbocycles. The summed E-state index contributed by atoms with van der Waals surface area (Å²) in [5, 5.41) is 0. The number of rotatable bonds is 6. The Morgan fingerprint density at radius 3 is 2.33 bits per heavy atom. The van der Waals surface area contributed by atoms with Gasteiger partial charge >= 0.3 is 5.97 Å². The summed E-state index contributed by atoms with van der Waals surface area (Å²) in [6.07, 6.45) is 0.193. The van der Waals surface area contributed by atoms with Crippen LogP contribution in [0.1, 0.15) is 16.7 Å². The minimum atomic E-state index is -0.368. The fraction of sp³-hybridized carbons (Fsp3) is 0.364. The molecule has 0 aromatic heterocycles. The summed E-state index contributed by atoms with van der Waals surface area (Å²) in [5.74, 6) is -0.487. The highest BCUT2D eigenvalue weighted by atomic mass is 16.5. The molecule has 0 radical (unpaired) electrons. The van der Waals surface area contributed by atoms with E-state index in [-0.39, 0.29) is 24.9 Å². The van der Waals surface area contributed by atoms with E-state index in [2.05, 4.69) is 36.1 Å². The van der Waals surface area contributed by atoms with Crippen LogP contribution < -0.4 is 0 Å². The van der Waals surface area contributed by atoms with Gasteiger partial charge < -0.3 is 9.64 Å². The average molecular weight is 366 g/mol. The molecule has 142 valence electrons. The third-order valence-corrected chi connectivity index (χ3v) is 4.76. The first kappa shape index (κ1) is 19.1. The smallest absolute Gasteiger partial charge is 0.310 e. The minimum absolute atomic E-state index is 0.119. The zero-order chi connectivity index (χ0) is 19.1. The van der Waals surface area contributed by atoms with Crippen LogP contribution >= 0.6 is 0 Å². The van der Waals surface area contributed by atoms with Crippen LogP contribution in [0.4, 0.5) is 0 Å². The molecule has 0 N–H and O–H groups in total. The van der Waals surface area contributed by atoms with E-state index in [0.717, 1.165) is 25.2 Å². The van der Waals surface area contributed by atoms with Crippen LogP contribution in [0.3, 0.4) is 0 Å². The third-order valence-electron chi connectivity index (χ3n) is 4.76. The number of hydrogen-bond donors (Lipinski definition) is 0. The number of carbonyl (C=O) groups is 2. The zero-order valence-corrected chi connectivity index (χ0v) is 15.8. The van der Waals surface area contributed by atoms with E-state index >= 15 is 0 Å². The number of esters is 1. The SMILES string of the molecule is Cc1cccc(CN2CCN(C(=O)COC(=O)Cc3ccccc3)CC2)c1. The second kappa shape index (κ2) is 9.33. The summed E-state index contributed by atoms with van der Waals surface area (Å²) in [6.45, 7) is 5.82. The summed E-state index contributed by atoms with van der Waals surface area (Å²) in [4.78, 5) is 28.3. The van der Waals surface area contributed by atoms with E-state index in [0.29, 0.717) is 13.1 Å². The molecule has 1 saturated heterocycles. The van der Waals surface area contributed by atoms with Crippen molar-refractivity contribution in [3.05, 3.63) is 71.3 Å². The Balaban J connectivity index is 1.38. The minimum Gasteiger partial charge on any atom is -0.455 e. The van der Waals surface area contributed by atoms with Gasteiger partial charge in [-0.2, -0.15) is 0 Å². The first-order valence-corrected chi connectivity index (χ1v) is 9.35. The van der Waals surface area contributed by atoms with Crippen molar-refractivity contribution in [2.24, 2.45) is 0 Å². The van der Waals surface area contributed by atoms with E-state index < -0.39 is 0 Å². The van der Waals surface area contributed by atoms with Gasteiger partial charge in [0.2, 0.25) is 0 Å². The van der Waals surface area contributed by atoms with Crippen molar-refractivity contribution >= 4 is 11.9 Å². The van der Waals surface area contributed by atoms with Crippen LogP contribution in [0.15, 0.2) is 54.6 Å². The van der Waals surface area contributed by atoms with Crippen molar-refractivity contribution in [2.45, 2.75) is 19.9 Å². The monoisotopic (exact) mass is 366 g/mol. The molecule has 1 aliphatic heterocycles. The second-order valence-corrected chi connectivity index (χ2v) is 6.97. The first-order chi connectivity index (χ1) is 13.1. The molecule has 5 nitrogen and oxygen atoms in total. The third kappa shape index (κ3) is 5.93. The molecular formula is C22H26N2O3. The number of amides is 1. The van der Waals surface area contributed by atoms with Crippen LogP contribution in [0.2, 0.25) is 0 Å². The molecule has 3 rings (SSSR count). The van der Waals surface area contributed by atoms with Crippen molar-refractivity contribution in [1.82, 2.24) is 9.80 Å². The highest BCUT2D eigenvalue weighted by Crippen LogP contribution is 2.11. The lowest BCUT2D eigenvalue weighted by molar-refractivity contribution is -0.152. The van der Waals surface area contributed by atoms with Crippen molar-refractivity contribution in [3.8, 4) is 0 Å². The largest absolute Gasteiger partial charge is 0.455 e. The van der Waals surface area contributed by atoms with Crippen molar-refractivity contribution in [1.29, 1.82) is 0 Å². The standard InChI is InChI=1S/C22H26N2O3/c1-18-6-5-9-20(14-18)16-23-10-12-24(13-11-23)21(25)17-27-22(26)15-19-7-3-2-4-8-19/h2-9,14H,10-13,15-17H2,1H3. The number of benzene rings is 2. The highest BCUT2D eigenvalue weighted by Gasteiger charge is 2.22. The molecule has 0 atom stereocenters.